The zero-order chi connectivity index (χ0) is 22.8. The molecule has 0 saturated heterocycles. The highest BCUT2D eigenvalue weighted by molar-refractivity contribution is 6.02. The summed E-state index contributed by atoms with van der Waals surface area (Å²) in [5, 5.41) is 5.91. The molecular weight excluding hydrogens is 421 g/mol. The number of carbonyl (C=O) groups is 1. The predicted molar refractivity (Wildman–Crippen MR) is 105 cm³/mol. The minimum atomic E-state index is -4.48. The number of hydrogen-bond donors (Lipinski definition) is 4. The molecule has 0 saturated carbocycles. The summed E-state index contributed by atoms with van der Waals surface area (Å²) in [6.07, 6.45) is -4.50. The number of alkyl halides is 3. The van der Waals surface area contributed by atoms with Gasteiger partial charge < -0.3 is 16.1 Å². The lowest BCUT2D eigenvalue weighted by Crippen LogP contribution is -2.46. The highest BCUT2D eigenvalue weighted by atomic mass is 19.4. The normalized spacial score (nSPS) is 17.0. The molecule has 0 fully saturated rings. The maximum atomic E-state index is 13.4. The topological polar surface area (TPSA) is 77.5 Å². The molecule has 31 heavy (non-hydrogen) atoms. The predicted octanol–water partition coefficient (Wildman–Crippen LogP) is 4.09. The Morgan fingerprint density at radius 3 is 2.55 bits per heavy atom. The number of amides is 1. The Bertz CT molecular complexity index is 1010. The van der Waals surface area contributed by atoms with Crippen LogP contribution in [-0.2, 0) is 6.18 Å². The van der Waals surface area contributed by atoms with Gasteiger partial charge in [-0.15, -0.1) is 0 Å². The molecule has 1 aliphatic rings. The first-order valence-electron chi connectivity index (χ1n) is 9.42. The molecule has 1 amide bonds. The maximum Gasteiger partial charge on any atom is 0.416 e. The van der Waals surface area contributed by atoms with Gasteiger partial charge in [0.15, 0.2) is 11.6 Å². The average molecular weight is 441 g/mol. The third-order valence-corrected chi connectivity index (χ3v) is 4.70. The van der Waals surface area contributed by atoms with E-state index in [1.807, 2.05) is 13.8 Å². The molecule has 0 aromatic heterocycles. The van der Waals surface area contributed by atoms with Crippen LogP contribution >= 0.6 is 0 Å². The van der Waals surface area contributed by atoms with Crippen LogP contribution in [0, 0.1) is 11.6 Å². The molecule has 1 aliphatic heterocycles. The summed E-state index contributed by atoms with van der Waals surface area (Å²) >= 11 is 0. The van der Waals surface area contributed by atoms with E-state index >= 15 is 0 Å². The fourth-order valence-electron chi connectivity index (χ4n) is 2.81. The molecule has 3 rings (SSSR count). The molecule has 166 valence electrons. The number of aliphatic imine (C=N–C) groups is 1. The molecule has 6 nitrogen and oxygen atoms in total. The highest BCUT2D eigenvalue weighted by Crippen LogP contribution is 2.35. The molecule has 0 radical (unpaired) electrons. The lowest BCUT2D eigenvalue weighted by atomic mass is 10.1. The summed E-state index contributed by atoms with van der Waals surface area (Å²) in [5.41, 5.74) is 5.19. The number of hydrazine groups is 1. The third kappa shape index (κ3) is 5.29. The molecule has 2 aromatic carbocycles. The van der Waals surface area contributed by atoms with E-state index in [0.29, 0.717) is 12.0 Å². The Labute approximate surface area is 174 Å². The second-order valence-electron chi connectivity index (χ2n) is 6.99. The fraction of sp³-hybridized carbons (Fsp3) is 0.300. The van der Waals surface area contributed by atoms with Crippen LogP contribution in [0.3, 0.4) is 0 Å². The number of benzene rings is 2. The van der Waals surface area contributed by atoms with Crippen LogP contribution in [0.2, 0.25) is 0 Å². The SMILES string of the molecule is CCC(C)N/C(=N/C(=O)c1ccc(F)c(F)c1)NC1NNc2cc(C(F)(F)F)ccc21. The number of rotatable bonds is 4. The minimum absolute atomic E-state index is 0.0242. The lowest BCUT2D eigenvalue weighted by molar-refractivity contribution is -0.137. The minimum Gasteiger partial charge on any atom is -0.354 e. The first-order valence-corrected chi connectivity index (χ1v) is 9.42. The van der Waals surface area contributed by atoms with Crippen LogP contribution in [0.5, 0.6) is 0 Å². The number of hydrogen-bond acceptors (Lipinski definition) is 3. The molecule has 2 unspecified atom stereocenters. The molecule has 4 N–H and O–H groups in total. The van der Waals surface area contributed by atoms with Gasteiger partial charge in [0.25, 0.3) is 5.91 Å². The van der Waals surface area contributed by atoms with Crippen molar-refractivity contribution < 1.29 is 26.7 Å². The second-order valence-corrected chi connectivity index (χ2v) is 6.99. The summed E-state index contributed by atoms with van der Waals surface area (Å²) in [5.74, 6) is -3.07. The van der Waals surface area contributed by atoms with Crippen molar-refractivity contribution in [3.05, 3.63) is 64.7 Å². The average Bonchev–Trinajstić information content (AvgIpc) is 3.11. The summed E-state index contributed by atoms with van der Waals surface area (Å²) in [4.78, 5) is 16.4. The maximum absolute atomic E-state index is 13.4. The van der Waals surface area contributed by atoms with E-state index in [4.69, 9.17) is 0 Å². The van der Waals surface area contributed by atoms with Crippen LogP contribution in [0.1, 0.15) is 47.9 Å². The van der Waals surface area contributed by atoms with Gasteiger partial charge in [-0.3, -0.25) is 4.79 Å². The van der Waals surface area contributed by atoms with Crippen molar-refractivity contribution >= 4 is 17.6 Å². The van der Waals surface area contributed by atoms with E-state index in [9.17, 15) is 26.7 Å². The number of carbonyl (C=O) groups excluding carboxylic acids is 1. The van der Waals surface area contributed by atoms with Crippen LogP contribution < -0.4 is 21.5 Å². The van der Waals surface area contributed by atoms with E-state index in [2.05, 4.69) is 26.5 Å². The summed E-state index contributed by atoms with van der Waals surface area (Å²) in [6.45, 7) is 3.74. The molecule has 11 heteroatoms. The Morgan fingerprint density at radius 1 is 1.16 bits per heavy atom. The van der Waals surface area contributed by atoms with Crippen molar-refractivity contribution in [3.8, 4) is 0 Å². The van der Waals surface area contributed by atoms with Crippen LogP contribution in [0.15, 0.2) is 41.4 Å². The first kappa shape index (κ1) is 22.5. The van der Waals surface area contributed by atoms with Gasteiger partial charge in [-0.05, 0) is 43.7 Å². The van der Waals surface area contributed by atoms with Gasteiger partial charge in [-0.1, -0.05) is 13.0 Å². The van der Waals surface area contributed by atoms with Gasteiger partial charge in [0.2, 0.25) is 5.96 Å². The van der Waals surface area contributed by atoms with Gasteiger partial charge in [-0.25, -0.2) is 14.2 Å². The Balaban J connectivity index is 1.85. The van der Waals surface area contributed by atoms with E-state index in [-0.39, 0.29) is 23.3 Å². The molecule has 0 spiro atoms. The summed E-state index contributed by atoms with van der Waals surface area (Å²) < 4.78 is 65.3. The largest absolute Gasteiger partial charge is 0.416 e. The number of guanidine groups is 1. The van der Waals surface area contributed by atoms with Gasteiger partial charge in [0, 0.05) is 17.2 Å². The summed E-state index contributed by atoms with van der Waals surface area (Å²) in [7, 11) is 0. The van der Waals surface area contributed by atoms with E-state index in [0.717, 1.165) is 30.3 Å². The molecule has 1 heterocycles. The van der Waals surface area contributed by atoms with Gasteiger partial charge in [0.1, 0.15) is 6.17 Å². The van der Waals surface area contributed by atoms with Gasteiger partial charge >= 0.3 is 6.18 Å². The highest BCUT2D eigenvalue weighted by Gasteiger charge is 2.33. The Kier molecular flexibility index (Phi) is 6.44. The van der Waals surface area contributed by atoms with E-state index in [1.165, 1.54) is 6.07 Å². The monoisotopic (exact) mass is 441 g/mol. The van der Waals surface area contributed by atoms with Gasteiger partial charge in [-0.2, -0.15) is 18.2 Å². The van der Waals surface area contributed by atoms with Crippen molar-refractivity contribution in [3.63, 3.8) is 0 Å². The quantitative estimate of drug-likeness (QED) is 0.327. The van der Waals surface area contributed by atoms with Crippen LogP contribution in [-0.4, -0.2) is 17.9 Å². The fourth-order valence-corrected chi connectivity index (χ4v) is 2.81. The Morgan fingerprint density at radius 2 is 1.90 bits per heavy atom. The first-order chi connectivity index (χ1) is 14.6. The number of anilines is 1. The summed E-state index contributed by atoms with van der Waals surface area (Å²) in [6, 6.07) is 5.79. The van der Waals surface area contributed by atoms with Crippen molar-refractivity contribution in [2.45, 2.75) is 38.7 Å². The van der Waals surface area contributed by atoms with Crippen LogP contribution in [0.25, 0.3) is 0 Å². The van der Waals surface area contributed by atoms with Gasteiger partial charge in [0.05, 0.1) is 11.3 Å². The molecule has 2 aromatic rings. The lowest BCUT2D eigenvalue weighted by Gasteiger charge is -2.21. The zero-order valence-electron chi connectivity index (χ0n) is 16.6. The Hall–Kier alpha value is -3.21. The smallest absolute Gasteiger partial charge is 0.354 e. The number of halogens is 5. The number of fused-ring (bicyclic) bond motifs is 1. The van der Waals surface area contributed by atoms with Crippen molar-refractivity contribution in [2.24, 2.45) is 4.99 Å². The van der Waals surface area contributed by atoms with E-state index < -0.39 is 35.4 Å². The van der Waals surface area contributed by atoms with Crippen LogP contribution in [0.4, 0.5) is 27.6 Å². The molecular formula is C20H20F5N5O. The van der Waals surface area contributed by atoms with E-state index in [1.54, 1.807) is 0 Å². The number of nitrogens with zero attached hydrogens (tertiary/aromatic N) is 1. The van der Waals surface area contributed by atoms with Crippen molar-refractivity contribution in [1.29, 1.82) is 0 Å². The van der Waals surface area contributed by atoms with Crippen molar-refractivity contribution in [2.75, 3.05) is 5.43 Å². The third-order valence-electron chi connectivity index (χ3n) is 4.70. The zero-order valence-corrected chi connectivity index (χ0v) is 16.6. The number of nitrogens with one attached hydrogen (secondary N) is 4. The molecule has 0 bridgehead atoms. The molecule has 0 aliphatic carbocycles. The second kappa shape index (κ2) is 8.88. The molecule has 2 atom stereocenters. The van der Waals surface area contributed by atoms with Crippen molar-refractivity contribution in [1.82, 2.24) is 16.1 Å². The standard InChI is InChI=1S/C20H20F5N5O/c1-3-10(2)26-19(28-18(31)11-4-7-14(21)15(22)8-11)27-17-13-6-5-12(20(23,24)25)9-16(13)29-30-17/h4-10,17,29-30H,3H2,1-2H3,(H2,26,27,28,31).